The lowest BCUT2D eigenvalue weighted by molar-refractivity contribution is -0.123. The van der Waals surface area contributed by atoms with E-state index < -0.39 is 57.4 Å². The number of nitrogen functional groups attached to an aromatic ring is 1. The van der Waals surface area contributed by atoms with E-state index in [0.29, 0.717) is 24.0 Å². The molecule has 51 heavy (non-hydrogen) atoms. The molecule has 1 saturated carbocycles. The summed E-state index contributed by atoms with van der Waals surface area (Å²) in [7, 11) is -9.31. The minimum absolute atomic E-state index is 0.148. The Labute approximate surface area is 308 Å². The summed E-state index contributed by atoms with van der Waals surface area (Å²) in [4.78, 5) is 27.9. The van der Waals surface area contributed by atoms with Gasteiger partial charge in [-0.15, -0.1) is 0 Å². The van der Waals surface area contributed by atoms with Crippen molar-refractivity contribution in [3.05, 3.63) is 12.7 Å². The van der Waals surface area contributed by atoms with Crippen molar-refractivity contribution in [3.8, 4) is 0 Å². The number of hydrogen-bond donors (Lipinski definition) is 2. The van der Waals surface area contributed by atoms with Gasteiger partial charge in [-0.05, 0) is 68.7 Å². The van der Waals surface area contributed by atoms with Crippen LogP contribution in [0.25, 0.3) is 11.2 Å². The maximum absolute atomic E-state index is 13.0. The number of nitrogens with zero attached hydrogens (tertiary/aromatic N) is 5. The highest BCUT2D eigenvalue weighted by molar-refractivity contribution is 7.85. The fourth-order valence-electron chi connectivity index (χ4n) is 5.68. The molecule has 2 aromatic rings. The fourth-order valence-corrected chi connectivity index (χ4v) is 9.07. The lowest BCUT2D eigenvalue weighted by atomic mass is 10.1. The van der Waals surface area contributed by atoms with Crippen LogP contribution in [0.1, 0.15) is 94.2 Å². The third-order valence-electron chi connectivity index (χ3n) is 11.1. The molecule has 0 spiro atoms. The Kier molecular flexibility index (Phi) is 14.5. The van der Waals surface area contributed by atoms with E-state index in [1.807, 2.05) is 0 Å². The number of carbonyl (C=O) groups excluding carboxylic acids is 1. The number of nitrogens with two attached hydrogens (primary N) is 1. The van der Waals surface area contributed by atoms with E-state index in [-0.39, 0.29) is 28.4 Å². The second-order valence-corrected chi connectivity index (χ2v) is 27.5. The average Bonchev–Trinajstić information content (AvgIpc) is 3.77. The van der Waals surface area contributed by atoms with E-state index in [9.17, 15) is 13.2 Å². The highest BCUT2D eigenvalue weighted by atomic mass is 32.2. The predicted octanol–water partition coefficient (Wildman–Crippen LogP) is 6.00. The summed E-state index contributed by atoms with van der Waals surface area (Å²) in [5.74, 6) is -0.642. The van der Waals surface area contributed by atoms with Crippen LogP contribution in [0.15, 0.2) is 12.7 Å². The van der Waals surface area contributed by atoms with Crippen LogP contribution in [0, 0.1) is 5.92 Å². The first-order valence-electron chi connectivity index (χ1n) is 18.4. The van der Waals surface area contributed by atoms with Gasteiger partial charge in [-0.1, -0.05) is 75.2 Å². The molecule has 17 heteroatoms. The van der Waals surface area contributed by atoms with E-state index in [1.165, 1.54) is 26.0 Å². The molecule has 0 bridgehead atoms. The lowest BCUT2D eigenvalue weighted by Crippen LogP contribution is -2.54. The number of amides is 1. The van der Waals surface area contributed by atoms with Gasteiger partial charge in [-0.3, -0.25) is 13.5 Å². The summed E-state index contributed by atoms with van der Waals surface area (Å²) in [5.41, 5.74) is 6.97. The molecule has 1 aliphatic carbocycles. The van der Waals surface area contributed by atoms with Gasteiger partial charge in [0, 0.05) is 5.92 Å². The monoisotopic (exact) mass is 771 g/mol. The van der Waals surface area contributed by atoms with Gasteiger partial charge < -0.3 is 24.2 Å². The Balaban J connectivity index is 0.000000908. The normalized spacial score (nSPS) is 22.4. The molecule has 0 radical (unpaired) electrons. The van der Waals surface area contributed by atoms with E-state index in [2.05, 4.69) is 113 Å². The van der Waals surface area contributed by atoms with Crippen molar-refractivity contribution in [2.75, 3.05) is 32.0 Å². The Hall–Kier alpha value is -2.00. The van der Waals surface area contributed by atoms with Crippen LogP contribution in [0.2, 0.25) is 36.3 Å². The number of aromatic nitrogens is 4. The summed E-state index contributed by atoms with van der Waals surface area (Å²) in [5, 5.41) is -0.312. The number of imidazole rings is 1. The molecule has 292 valence electrons. The van der Waals surface area contributed by atoms with Crippen LogP contribution in [0.4, 0.5) is 5.82 Å². The van der Waals surface area contributed by atoms with Gasteiger partial charge in [-0.2, -0.15) is 8.42 Å². The summed E-state index contributed by atoms with van der Waals surface area (Å²) in [6.45, 7) is 31.1. The van der Waals surface area contributed by atoms with Gasteiger partial charge in [0.1, 0.15) is 30.2 Å². The Morgan fingerprint density at radius 2 is 1.47 bits per heavy atom. The molecule has 2 aliphatic rings. The minimum Gasteiger partial charge on any atom is -0.408 e. The molecule has 1 saturated heterocycles. The summed E-state index contributed by atoms with van der Waals surface area (Å²) < 4.78 is 55.8. The van der Waals surface area contributed by atoms with Crippen molar-refractivity contribution >= 4 is 49.8 Å². The maximum Gasteiger partial charge on any atom is 0.362 e. The number of anilines is 1. The molecule has 14 nitrogen and oxygen atoms in total. The second-order valence-electron chi connectivity index (χ2n) is 16.6. The average molecular weight is 772 g/mol. The first kappa shape index (κ1) is 43.4. The molecule has 1 amide bonds. The molecular weight excluding hydrogens is 707 g/mol. The summed E-state index contributed by atoms with van der Waals surface area (Å²) in [6.07, 6.45) is 3.05. The number of hydrogen-bond acceptors (Lipinski definition) is 12. The molecule has 3 N–H and O–H groups in total. The van der Waals surface area contributed by atoms with Crippen molar-refractivity contribution in [3.63, 3.8) is 0 Å². The van der Waals surface area contributed by atoms with Crippen molar-refractivity contribution in [1.82, 2.24) is 29.1 Å². The highest BCUT2D eigenvalue weighted by Crippen LogP contribution is 2.46. The highest BCUT2D eigenvalue weighted by Gasteiger charge is 2.55. The SMILES string of the molecule is CC(C)(C)[Si](C)(C)O[C@@H]1[C@H](O[Si](C)(C)C(C)(C)C)[C@@H](COS(=O)(=O)NC(=O)C2CCCC2)O[C@H]1n1cnc2c(N)ncnc21.CCN(CC)CC. The van der Waals surface area contributed by atoms with E-state index in [0.717, 1.165) is 12.8 Å². The molecule has 3 heterocycles. The zero-order chi connectivity index (χ0) is 38.6. The molecule has 1 aliphatic heterocycles. The van der Waals surface area contributed by atoms with Crippen molar-refractivity contribution in [2.24, 2.45) is 5.92 Å². The van der Waals surface area contributed by atoms with Crippen molar-refractivity contribution in [1.29, 1.82) is 0 Å². The lowest BCUT2D eigenvalue weighted by Gasteiger charge is -2.44. The Morgan fingerprint density at radius 1 is 0.941 bits per heavy atom. The summed E-state index contributed by atoms with van der Waals surface area (Å²) in [6, 6.07) is 0. The maximum atomic E-state index is 13.0. The first-order valence-corrected chi connectivity index (χ1v) is 25.6. The van der Waals surface area contributed by atoms with Gasteiger partial charge >= 0.3 is 10.3 Å². The second kappa shape index (κ2) is 17.0. The van der Waals surface area contributed by atoms with Crippen LogP contribution in [0.3, 0.4) is 0 Å². The predicted molar refractivity (Wildman–Crippen MR) is 206 cm³/mol. The molecular formula is C34H65N7O7SSi2. The molecule has 0 unspecified atom stereocenters. The van der Waals surface area contributed by atoms with Crippen LogP contribution >= 0.6 is 0 Å². The van der Waals surface area contributed by atoms with Gasteiger partial charge in [0.15, 0.2) is 34.3 Å². The van der Waals surface area contributed by atoms with Crippen LogP contribution in [0.5, 0.6) is 0 Å². The molecule has 2 aromatic heterocycles. The molecule has 0 aromatic carbocycles. The van der Waals surface area contributed by atoms with Gasteiger partial charge in [0.05, 0.1) is 12.9 Å². The van der Waals surface area contributed by atoms with E-state index >= 15 is 0 Å². The first-order chi connectivity index (χ1) is 23.5. The van der Waals surface area contributed by atoms with Gasteiger partial charge in [-0.25, -0.2) is 19.7 Å². The number of ether oxygens (including phenoxy) is 1. The van der Waals surface area contributed by atoms with E-state index in [1.54, 1.807) is 10.9 Å². The third kappa shape index (κ3) is 10.8. The smallest absolute Gasteiger partial charge is 0.362 e. The van der Waals surface area contributed by atoms with Gasteiger partial charge in [0.25, 0.3) is 0 Å². The molecule has 2 fully saturated rings. The number of carbonyl (C=O) groups is 1. The minimum atomic E-state index is -4.40. The summed E-state index contributed by atoms with van der Waals surface area (Å²) >= 11 is 0. The Morgan fingerprint density at radius 3 is 1.96 bits per heavy atom. The zero-order valence-corrected chi connectivity index (χ0v) is 36.1. The number of fused-ring (bicyclic) bond motifs is 1. The number of rotatable bonds is 13. The Bertz CT molecular complexity index is 1540. The van der Waals surface area contributed by atoms with Crippen molar-refractivity contribution < 1.29 is 31.0 Å². The van der Waals surface area contributed by atoms with Gasteiger partial charge in [0.2, 0.25) is 5.91 Å². The fraction of sp³-hybridized carbons (Fsp3) is 0.824. The topological polar surface area (TPSA) is 173 Å². The number of nitrogens with one attached hydrogen (secondary N) is 1. The van der Waals surface area contributed by atoms with Crippen LogP contribution in [-0.2, 0) is 32.9 Å². The molecule has 4 atom stereocenters. The quantitative estimate of drug-likeness (QED) is 0.228. The largest absolute Gasteiger partial charge is 0.408 e. The zero-order valence-electron chi connectivity index (χ0n) is 33.3. The van der Waals surface area contributed by atoms with Crippen molar-refractivity contribution in [2.45, 2.75) is 149 Å². The standard InChI is InChI=1S/C28H50N6O7SSi2.C6H15N/c1-27(2,3)43(7,8)40-21-19(15-38-42(36,37)33-25(35)18-13-11-12-14-18)39-26(22(21)41-44(9,10)28(4,5)6)34-17-32-20-23(29)30-16-31-24(20)34;1-4-7(5-2)6-3/h16-19,21-22,26H,11-15H2,1-10H3,(H,33,35)(H2,29,30,31);4-6H2,1-3H3/t19-,21-,22-,26-;/m1./s1. The third-order valence-corrected chi connectivity index (χ3v) is 20.9. The van der Waals surface area contributed by atoms with Crippen LogP contribution in [-0.4, -0.2) is 99.9 Å². The molecule has 4 rings (SSSR count). The van der Waals surface area contributed by atoms with Crippen LogP contribution < -0.4 is 10.5 Å². The van der Waals surface area contributed by atoms with E-state index in [4.69, 9.17) is 23.5 Å².